The largest absolute Gasteiger partial charge is 0.466 e. The minimum atomic E-state index is -0.0461. The minimum absolute atomic E-state index is 0.0461. The summed E-state index contributed by atoms with van der Waals surface area (Å²) in [4.78, 5) is 20.4. The minimum Gasteiger partial charge on any atom is -0.466 e. The van der Waals surface area contributed by atoms with Gasteiger partial charge in [-0.1, -0.05) is 6.07 Å². The van der Waals surface area contributed by atoms with Crippen molar-refractivity contribution in [1.29, 1.82) is 0 Å². The summed E-state index contributed by atoms with van der Waals surface area (Å²) in [7, 11) is 1.78. The van der Waals surface area contributed by atoms with E-state index in [0.29, 0.717) is 12.6 Å². The van der Waals surface area contributed by atoms with Gasteiger partial charge in [-0.3, -0.25) is 14.8 Å². The van der Waals surface area contributed by atoms with Gasteiger partial charge in [0.1, 0.15) is 0 Å². The molecule has 0 saturated heterocycles. The lowest BCUT2D eigenvalue weighted by Gasteiger charge is -2.29. The first kappa shape index (κ1) is 19.2. The molecule has 1 aromatic heterocycles. The fourth-order valence-electron chi connectivity index (χ4n) is 3.09. The van der Waals surface area contributed by atoms with Crippen LogP contribution < -0.4 is 10.6 Å². The molecule has 1 aliphatic carbocycles. The molecular formula is C19H30N4O2. The molecule has 6 nitrogen and oxygen atoms in total. The summed E-state index contributed by atoms with van der Waals surface area (Å²) in [5, 5.41) is 6.82. The number of pyridine rings is 1. The third kappa shape index (κ3) is 6.36. The molecule has 0 amide bonds. The van der Waals surface area contributed by atoms with Crippen molar-refractivity contribution < 1.29 is 9.53 Å². The van der Waals surface area contributed by atoms with Gasteiger partial charge in [-0.25, -0.2) is 0 Å². The molecule has 1 fully saturated rings. The fourth-order valence-corrected chi connectivity index (χ4v) is 3.09. The van der Waals surface area contributed by atoms with Crippen molar-refractivity contribution >= 4 is 11.9 Å². The van der Waals surface area contributed by atoms with E-state index >= 15 is 0 Å². The van der Waals surface area contributed by atoms with Crippen LogP contribution in [0.3, 0.4) is 0 Å². The van der Waals surface area contributed by atoms with Crippen LogP contribution in [0.2, 0.25) is 0 Å². The predicted octanol–water partition coefficient (Wildman–Crippen LogP) is 2.22. The zero-order valence-electron chi connectivity index (χ0n) is 15.5. The molecule has 1 aliphatic rings. The van der Waals surface area contributed by atoms with Gasteiger partial charge in [0.2, 0.25) is 0 Å². The van der Waals surface area contributed by atoms with E-state index < -0.39 is 0 Å². The Hall–Kier alpha value is -2.11. The molecule has 0 spiro atoms. The van der Waals surface area contributed by atoms with Gasteiger partial charge in [-0.2, -0.15) is 0 Å². The third-order valence-corrected chi connectivity index (χ3v) is 4.59. The summed E-state index contributed by atoms with van der Waals surface area (Å²) in [6, 6.07) is 4.50. The number of hydrogen-bond acceptors (Lipinski definition) is 4. The smallest absolute Gasteiger partial charge is 0.308 e. The first-order valence-electron chi connectivity index (χ1n) is 9.17. The molecule has 1 saturated carbocycles. The topological polar surface area (TPSA) is 75.6 Å². The van der Waals surface area contributed by atoms with Crippen molar-refractivity contribution in [3.63, 3.8) is 0 Å². The number of nitrogens with zero attached hydrogens (tertiary/aromatic N) is 2. The summed E-state index contributed by atoms with van der Waals surface area (Å²) in [6.07, 6.45) is 6.51. The second kappa shape index (κ2) is 10.0. The lowest BCUT2D eigenvalue weighted by atomic mass is 9.86. The van der Waals surface area contributed by atoms with Gasteiger partial charge >= 0.3 is 5.97 Å². The number of aromatic nitrogens is 1. The molecular weight excluding hydrogens is 316 g/mol. The van der Waals surface area contributed by atoms with E-state index in [1.807, 2.05) is 26.1 Å². The molecule has 0 bridgehead atoms. The van der Waals surface area contributed by atoms with Gasteiger partial charge in [0.25, 0.3) is 0 Å². The van der Waals surface area contributed by atoms with Gasteiger partial charge in [-0.05, 0) is 57.6 Å². The number of aliphatic imine (C=N–C) groups is 1. The zero-order valence-corrected chi connectivity index (χ0v) is 15.5. The number of esters is 1. The third-order valence-electron chi connectivity index (χ3n) is 4.59. The standard InChI is InChI=1S/C19H30N4O2/c1-4-25-18(24)16-7-9-17(10-8-16)23-19(20-3)21-12-11-15-6-5-14(2)22-13-15/h5-6,13,16-17H,4,7-12H2,1-3H3,(H2,20,21,23). The number of hydrogen-bond donors (Lipinski definition) is 2. The number of rotatable bonds is 6. The number of aryl methyl sites for hydroxylation is 1. The van der Waals surface area contributed by atoms with Crippen LogP contribution in [0.4, 0.5) is 0 Å². The maximum atomic E-state index is 11.8. The number of nitrogens with one attached hydrogen (secondary N) is 2. The van der Waals surface area contributed by atoms with Crippen molar-refractivity contribution in [1.82, 2.24) is 15.6 Å². The number of guanidine groups is 1. The van der Waals surface area contributed by atoms with Crippen molar-refractivity contribution in [2.24, 2.45) is 10.9 Å². The van der Waals surface area contributed by atoms with Crippen molar-refractivity contribution in [2.75, 3.05) is 20.2 Å². The van der Waals surface area contributed by atoms with Crippen LogP contribution in [0.1, 0.15) is 43.9 Å². The molecule has 0 atom stereocenters. The van der Waals surface area contributed by atoms with Crippen molar-refractivity contribution in [3.05, 3.63) is 29.6 Å². The molecule has 6 heteroatoms. The highest BCUT2D eigenvalue weighted by molar-refractivity contribution is 5.80. The van der Waals surface area contributed by atoms with E-state index in [0.717, 1.165) is 50.3 Å². The van der Waals surface area contributed by atoms with E-state index in [1.54, 1.807) is 7.05 Å². The summed E-state index contributed by atoms with van der Waals surface area (Å²) in [5.41, 5.74) is 2.25. The SMILES string of the molecule is CCOC(=O)C1CCC(NC(=NC)NCCc2ccc(C)nc2)CC1. The van der Waals surface area contributed by atoms with Gasteiger partial charge in [0, 0.05) is 31.5 Å². The van der Waals surface area contributed by atoms with Crippen LogP contribution >= 0.6 is 0 Å². The monoisotopic (exact) mass is 346 g/mol. The Bertz CT molecular complexity index is 563. The van der Waals surface area contributed by atoms with Crippen LogP contribution in [0, 0.1) is 12.8 Å². The van der Waals surface area contributed by atoms with Gasteiger partial charge in [0.15, 0.2) is 5.96 Å². The van der Waals surface area contributed by atoms with Crippen LogP contribution in [-0.2, 0) is 16.0 Å². The molecule has 2 N–H and O–H groups in total. The maximum Gasteiger partial charge on any atom is 0.308 e. The number of carbonyl (C=O) groups is 1. The van der Waals surface area contributed by atoms with Gasteiger partial charge < -0.3 is 15.4 Å². The lowest BCUT2D eigenvalue weighted by molar-refractivity contribution is -0.149. The zero-order chi connectivity index (χ0) is 18.1. The molecule has 138 valence electrons. The molecule has 1 heterocycles. The molecule has 0 aromatic carbocycles. The first-order chi connectivity index (χ1) is 12.1. The Labute approximate surface area is 150 Å². The van der Waals surface area contributed by atoms with Crippen molar-refractivity contribution in [2.45, 2.75) is 52.0 Å². The molecule has 25 heavy (non-hydrogen) atoms. The highest BCUT2D eigenvalue weighted by Gasteiger charge is 2.27. The predicted molar refractivity (Wildman–Crippen MR) is 99.6 cm³/mol. The summed E-state index contributed by atoms with van der Waals surface area (Å²) in [6.45, 7) is 5.12. The molecule has 0 unspecified atom stereocenters. The summed E-state index contributed by atoms with van der Waals surface area (Å²) in [5.74, 6) is 0.830. The summed E-state index contributed by atoms with van der Waals surface area (Å²) >= 11 is 0. The Morgan fingerprint density at radius 1 is 1.32 bits per heavy atom. The van der Waals surface area contributed by atoms with E-state index in [4.69, 9.17) is 4.74 Å². The highest BCUT2D eigenvalue weighted by Crippen LogP contribution is 2.25. The van der Waals surface area contributed by atoms with Crippen LogP contribution in [-0.4, -0.2) is 43.2 Å². The van der Waals surface area contributed by atoms with E-state index in [1.165, 1.54) is 5.56 Å². The lowest BCUT2D eigenvalue weighted by Crippen LogP contribution is -2.45. The quantitative estimate of drug-likeness (QED) is 0.469. The van der Waals surface area contributed by atoms with Gasteiger partial charge in [0.05, 0.1) is 12.5 Å². The summed E-state index contributed by atoms with van der Waals surface area (Å²) < 4.78 is 5.12. The average molecular weight is 346 g/mol. The highest BCUT2D eigenvalue weighted by atomic mass is 16.5. The first-order valence-corrected chi connectivity index (χ1v) is 9.17. The molecule has 2 rings (SSSR count). The number of ether oxygens (including phenoxy) is 1. The maximum absolute atomic E-state index is 11.8. The normalized spacial score (nSPS) is 20.8. The molecule has 0 radical (unpaired) electrons. The van der Waals surface area contributed by atoms with E-state index in [2.05, 4.69) is 26.7 Å². The molecule has 0 aliphatic heterocycles. The van der Waals surface area contributed by atoms with Crippen LogP contribution in [0.25, 0.3) is 0 Å². The second-order valence-electron chi connectivity index (χ2n) is 6.50. The Balaban J connectivity index is 1.70. The Morgan fingerprint density at radius 3 is 2.68 bits per heavy atom. The second-order valence-corrected chi connectivity index (χ2v) is 6.50. The molecule has 1 aromatic rings. The Morgan fingerprint density at radius 2 is 2.08 bits per heavy atom. The van der Waals surface area contributed by atoms with E-state index in [-0.39, 0.29) is 11.9 Å². The fraction of sp³-hybridized carbons (Fsp3) is 0.632. The van der Waals surface area contributed by atoms with Crippen molar-refractivity contribution in [3.8, 4) is 0 Å². The van der Waals surface area contributed by atoms with E-state index in [9.17, 15) is 4.79 Å². The van der Waals surface area contributed by atoms with Crippen LogP contribution in [0.5, 0.6) is 0 Å². The average Bonchev–Trinajstić information content (AvgIpc) is 2.63. The van der Waals surface area contributed by atoms with Gasteiger partial charge in [-0.15, -0.1) is 0 Å². The van der Waals surface area contributed by atoms with Crippen LogP contribution in [0.15, 0.2) is 23.3 Å². The Kier molecular flexibility index (Phi) is 7.70. The number of carbonyl (C=O) groups excluding carboxylic acids is 1.